The molecule has 1 aliphatic heterocycles. The Labute approximate surface area is 375 Å². The smallest absolute Gasteiger partial charge is 0.407 e. The number of carbonyl (C=O) groups is 4. The fraction of sp³-hybridized carbons (Fsp3) is 0.521. The number of anilines is 1. The van der Waals surface area contributed by atoms with Crippen LogP contribution in [0.2, 0.25) is 5.02 Å². The molecule has 2 N–H and O–H groups in total. The van der Waals surface area contributed by atoms with E-state index in [9.17, 15) is 19.2 Å². The van der Waals surface area contributed by atoms with Gasteiger partial charge in [-0.2, -0.15) is 5.11 Å². The first kappa shape index (κ1) is 49.2. The van der Waals surface area contributed by atoms with Crippen LogP contribution in [0.4, 0.5) is 10.5 Å². The van der Waals surface area contributed by atoms with Gasteiger partial charge in [-0.3, -0.25) is 14.4 Å². The number of methoxy groups -OCH3 is 1. The fourth-order valence-electron chi connectivity index (χ4n) is 7.41. The van der Waals surface area contributed by atoms with Crippen LogP contribution in [0.3, 0.4) is 0 Å². The van der Waals surface area contributed by atoms with E-state index in [1.807, 2.05) is 63.2 Å². The monoisotopic (exact) mass is 887 g/mol. The molecule has 14 nitrogen and oxygen atoms in total. The van der Waals surface area contributed by atoms with Gasteiger partial charge in [0.1, 0.15) is 11.4 Å². The van der Waals surface area contributed by atoms with Crippen LogP contribution in [0.15, 0.2) is 82.0 Å². The number of amides is 2. The summed E-state index contributed by atoms with van der Waals surface area (Å²) in [5, 5.41) is 14.3. The third-order valence-electron chi connectivity index (χ3n) is 10.8. The number of Topliss-reactive ketones (excluding diaryl/α,β-unsaturated/α-hetero) is 2. The Bertz CT molecular complexity index is 2010. The molecule has 340 valence electrons. The lowest BCUT2D eigenvalue weighted by molar-refractivity contribution is -0.129. The summed E-state index contributed by atoms with van der Waals surface area (Å²) < 4.78 is 26.7. The summed E-state index contributed by atoms with van der Waals surface area (Å²) in [6.45, 7) is 9.71. The van der Waals surface area contributed by atoms with Crippen molar-refractivity contribution in [2.75, 3.05) is 71.9 Å². The number of carbonyl (C=O) groups excluding carboxylic acids is 4. The maximum Gasteiger partial charge on any atom is 0.407 e. The number of alkyl carbamates (subject to hydrolysis) is 1. The van der Waals surface area contributed by atoms with Crippen LogP contribution in [0.25, 0.3) is 11.1 Å². The molecule has 0 aromatic heterocycles. The number of aliphatic imine (C=N–C) groups is 1. The maximum atomic E-state index is 13.9. The van der Waals surface area contributed by atoms with Crippen molar-refractivity contribution in [2.45, 2.75) is 77.7 Å². The minimum atomic E-state index is -0.619. The Morgan fingerprint density at radius 2 is 1.46 bits per heavy atom. The first-order valence-electron chi connectivity index (χ1n) is 21.9. The molecule has 1 atom stereocenters. The van der Waals surface area contributed by atoms with Gasteiger partial charge in [0.25, 0.3) is 0 Å². The second-order valence-electron chi connectivity index (χ2n) is 16.9. The second kappa shape index (κ2) is 25.4. The van der Waals surface area contributed by atoms with Crippen molar-refractivity contribution in [3.8, 4) is 11.1 Å². The van der Waals surface area contributed by atoms with E-state index in [4.69, 9.17) is 35.3 Å². The lowest BCUT2D eigenvalue weighted by atomic mass is 9.77. The topological polar surface area (TPSA) is 176 Å². The van der Waals surface area contributed by atoms with Crippen LogP contribution in [0.1, 0.15) is 87.2 Å². The Morgan fingerprint density at radius 1 is 0.810 bits per heavy atom. The first-order valence-corrected chi connectivity index (χ1v) is 22.2. The highest BCUT2D eigenvalue weighted by Gasteiger charge is 2.31. The van der Waals surface area contributed by atoms with Gasteiger partial charge in [-0.25, -0.2) is 9.79 Å². The Balaban J connectivity index is 1.14. The number of rotatable bonds is 25. The summed E-state index contributed by atoms with van der Waals surface area (Å²) in [6.07, 6.45) is 3.94. The van der Waals surface area contributed by atoms with Gasteiger partial charge in [0.2, 0.25) is 5.91 Å². The lowest BCUT2D eigenvalue weighted by Crippen LogP contribution is -2.37. The van der Waals surface area contributed by atoms with E-state index in [-0.39, 0.29) is 35.7 Å². The molecule has 0 radical (unpaired) electrons. The predicted molar refractivity (Wildman–Crippen MR) is 243 cm³/mol. The van der Waals surface area contributed by atoms with Crippen LogP contribution in [-0.2, 0) is 39.7 Å². The number of benzene rings is 3. The highest BCUT2D eigenvalue weighted by atomic mass is 35.5. The molecule has 0 bridgehead atoms. The molecule has 63 heavy (non-hydrogen) atoms. The van der Waals surface area contributed by atoms with Crippen molar-refractivity contribution in [3.63, 3.8) is 0 Å². The zero-order valence-electron chi connectivity index (χ0n) is 37.0. The van der Waals surface area contributed by atoms with Crippen molar-refractivity contribution in [1.29, 1.82) is 0 Å². The standard InChI is InChI=1S/C48H62ClN5O9/c1-48(2,3)63-47(58)50-31-34-9-13-36(14-10-34)44(56)30-39(46(57)53-40-18-15-37(16-19-40)45-51-32-52-54-45)28-33-7-11-35(12-8-33)41-20-17-38(29-42(41)49)43(55)6-5-21-60-24-25-62-27-26-61-23-22-59-4/h7-8,11-12,15-20,29,34,36,39H,5-6,9-10,13-14,21-28,30-32H2,1-4H3,(H,50,58)(H,53,57)/t34?,36?,39-/m1/s1. The van der Waals surface area contributed by atoms with Gasteiger partial charge in [0.05, 0.1) is 39.6 Å². The molecule has 1 heterocycles. The van der Waals surface area contributed by atoms with E-state index < -0.39 is 17.6 Å². The molecule has 3 aromatic carbocycles. The van der Waals surface area contributed by atoms with Gasteiger partial charge in [-0.05, 0) is 107 Å². The number of ketones is 2. The van der Waals surface area contributed by atoms with Crippen molar-refractivity contribution in [1.82, 2.24) is 5.32 Å². The van der Waals surface area contributed by atoms with E-state index >= 15 is 0 Å². The normalized spacial score (nSPS) is 16.6. The van der Waals surface area contributed by atoms with Gasteiger partial charge in [-0.1, -0.05) is 48.0 Å². The number of hydrogen-bond acceptors (Lipinski definition) is 12. The number of halogens is 1. The predicted octanol–water partition coefficient (Wildman–Crippen LogP) is 8.92. The summed E-state index contributed by atoms with van der Waals surface area (Å²) in [7, 11) is 1.63. The number of azo groups is 1. The van der Waals surface area contributed by atoms with Crippen molar-refractivity contribution >= 4 is 46.7 Å². The first-order chi connectivity index (χ1) is 30.4. The molecule has 0 spiro atoms. The number of amidine groups is 1. The summed E-state index contributed by atoms with van der Waals surface area (Å²) in [4.78, 5) is 57.2. The fourth-order valence-corrected chi connectivity index (χ4v) is 7.70. The third kappa shape index (κ3) is 17.0. The average Bonchev–Trinajstić information content (AvgIpc) is 3.81. The van der Waals surface area contributed by atoms with Crippen LogP contribution in [0.5, 0.6) is 0 Å². The maximum absolute atomic E-state index is 13.9. The third-order valence-corrected chi connectivity index (χ3v) is 11.1. The molecule has 0 unspecified atom stereocenters. The van der Waals surface area contributed by atoms with E-state index in [2.05, 4.69) is 25.9 Å². The molecule has 2 amide bonds. The summed E-state index contributed by atoms with van der Waals surface area (Å²) in [6, 6.07) is 20.4. The average molecular weight is 889 g/mol. The molecule has 3 aromatic rings. The number of ether oxygens (including phenoxy) is 5. The Kier molecular flexibility index (Phi) is 19.8. The van der Waals surface area contributed by atoms with Crippen molar-refractivity contribution in [3.05, 3.63) is 88.4 Å². The molecule has 1 saturated carbocycles. The zero-order valence-corrected chi connectivity index (χ0v) is 37.8. The molecule has 1 fully saturated rings. The summed E-state index contributed by atoms with van der Waals surface area (Å²) in [5.41, 5.74) is 3.91. The van der Waals surface area contributed by atoms with Gasteiger partial charge in [0.15, 0.2) is 18.3 Å². The Morgan fingerprint density at radius 3 is 2.08 bits per heavy atom. The zero-order chi connectivity index (χ0) is 45.0. The quantitative estimate of drug-likeness (QED) is 0.0622. The molecule has 5 rings (SSSR count). The van der Waals surface area contributed by atoms with E-state index in [1.54, 1.807) is 31.4 Å². The molecular formula is C48H62ClN5O9. The SMILES string of the molecule is COCCOCCOCCOCCCC(=O)c1ccc(-c2ccc(C[C@H](CC(=O)C3CCC(CNC(=O)OC(C)(C)C)CC3)C(=O)Nc3ccc(C4=NCN=N4)cc3)cc2)c(Cl)c1. The van der Waals surface area contributed by atoms with Crippen molar-refractivity contribution in [2.24, 2.45) is 33.0 Å². The van der Waals surface area contributed by atoms with E-state index in [0.29, 0.717) is 114 Å². The van der Waals surface area contributed by atoms with Gasteiger partial charge in [0, 0.05) is 72.3 Å². The van der Waals surface area contributed by atoms with E-state index in [1.165, 1.54) is 0 Å². The molecule has 1 aliphatic carbocycles. The largest absolute Gasteiger partial charge is 0.444 e. The number of nitrogens with one attached hydrogen (secondary N) is 2. The van der Waals surface area contributed by atoms with Crippen LogP contribution < -0.4 is 10.6 Å². The minimum Gasteiger partial charge on any atom is -0.444 e. The number of nitrogens with zero attached hydrogens (tertiary/aromatic N) is 3. The van der Waals surface area contributed by atoms with Crippen molar-refractivity contribution < 1.29 is 42.9 Å². The number of hydrogen-bond donors (Lipinski definition) is 2. The van der Waals surface area contributed by atoms with Crippen LogP contribution >= 0.6 is 11.6 Å². The molecule has 15 heteroatoms. The summed E-state index contributed by atoms with van der Waals surface area (Å²) >= 11 is 6.73. The van der Waals surface area contributed by atoms with Gasteiger partial charge >= 0.3 is 6.09 Å². The highest BCUT2D eigenvalue weighted by molar-refractivity contribution is 6.33. The lowest BCUT2D eigenvalue weighted by Gasteiger charge is -2.29. The molecule has 2 aliphatic rings. The molecule has 0 saturated heterocycles. The Hall–Kier alpha value is -4.86. The molecular weight excluding hydrogens is 826 g/mol. The minimum absolute atomic E-state index is 0.0143. The highest BCUT2D eigenvalue weighted by Crippen LogP contribution is 2.33. The van der Waals surface area contributed by atoms with E-state index in [0.717, 1.165) is 35.1 Å². The summed E-state index contributed by atoms with van der Waals surface area (Å²) in [5.74, 6) is -0.152. The van der Waals surface area contributed by atoms with Gasteiger partial charge < -0.3 is 34.3 Å². The van der Waals surface area contributed by atoms with Crippen LogP contribution in [-0.4, -0.2) is 102 Å². The second-order valence-corrected chi connectivity index (χ2v) is 17.3. The van der Waals surface area contributed by atoms with Gasteiger partial charge in [-0.15, -0.1) is 5.11 Å². The van der Waals surface area contributed by atoms with Crippen LogP contribution in [0, 0.1) is 17.8 Å².